The first-order chi connectivity index (χ1) is 20.2. The second-order valence-electron chi connectivity index (χ2n) is 10.8. The molecule has 2 N–H and O–H groups in total. The molecule has 1 unspecified atom stereocenters. The van der Waals surface area contributed by atoms with Crippen molar-refractivity contribution in [2.75, 3.05) is 6.61 Å². The molecule has 1 aliphatic rings. The van der Waals surface area contributed by atoms with Crippen molar-refractivity contribution >= 4 is 19.5 Å². The third kappa shape index (κ3) is 8.50. The first-order valence-corrected chi connectivity index (χ1v) is 15.2. The van der Waals surface area contributed by atoms with E-state index in [1.807, 2.05) is 0 Å². The highest BCUT2D eigenvalue weighted by Gasteiger charge is 2.55. The van der Waals surface area contributed by atoms with E-state index in [2.05, 4.69) is 20.1 Å². The van der Waals surface area contributed by atoms with Gasteiger partial charge in [-0.25, -0.2) is 9.36 Å². The number of azide groups is 1. The average Bonchev–Trinajstić information content (AvgIpc) is 3.17. The third-order valence-electron chi connectivity index (χ3n) is 6.59. The topological polar surface area (TPSA) is 204 Å². The van der Waals surface area contributed by atoms with Gasteiger partial charge in [-0.3, -0.25) is 18.7 Å². The van der Waals surface area contributed by atoms with Crippen LogP contribution in [0.3, 0.4) is 0 Å². The summed E-state index contributed by atoms with van der Waals surface area (Å²) in [5.41, 5.74) is 6.98. The van der Waals surface area contributed by atoms with Gasteiger partial charge in [-0.05, 0) is 51.4 Å². The van der Waals surface area contributed by atoms with Crippen LogP contribution < -0.4 is 15.3 Å². The normalized spacial score (nSPS) is 23.8. The van der Waals surface area contributed by atoms with Crippen LogP contribution in [0.2, 0.25) is 0 Å². The number of hydrogen-bond donors (Lipinski definition) is 2. The summed E-state index contributed by atoms with van der Waals surface area (Å²) in [6.07, 6.45) is -3.30. The monoisotopic (exact) mass is 620 g/mol. The molecule has 15 nitrogen and oxygen atoms in total. The Kier molecular flexibility index (Phi) is 11.2. The van der Waals surface area contributed by atoms with Crippen molar-refractivity contribution in [3.05, 3.63) is 69.2 Å². The highest BCUT2D eigenvalue weighted by molar-refractivity contribution is 7.52. The zero-order valence-electron chi connectivity index (χ0n) is 24.8. The highest BCUT2D eigenvalue weighted by atomic mass is 31.2. The lowest BCUT2D eigenvalue weighted by molar-refractivity contribution is -0.149. The minimum atomic E-state index is -4.32. The van der Waals surface area contributed by atoms with Gasteiger partial charge in [0.05, 0.1) is 24.5 Å². The number of ether oxygens (including phenoxy) is 2. The predicted octanol–water partition coefficient (Wildman–Crippen LogP) is 3.47. The van der Waals surface area contributed by atoms with Crippen LogP contribution in [-0.4, -0.2) is 62.9 Å². The van der Waals surface area contributed by atoms with Crippen molar-refractivity contribution in [3.8, 4) is 5.75 Å². The summed E-state index contributed by atoms with van der Waals surface area (Å²) in [6, 6.07) is 8.42. The molecule has 2 heterocycles. The minimum absolute atomic E-state index is 0.0428. The highest BCUT2D eigenvalue weighted by Crippen LogP contribution is 2.47. The second kappa shape index (κ2) is 14.3. The Morgan fingerprint density at radius 1 is 1.23 bits per heavy atom. The van der Waals surface area contributed by atoms with E-state index in [1.165, 1.54) is 38.2 Å². The maximum absolute atomic E-state index is 13.8. The van der Waals surface area contributed by atoms with E-state index < -0.39 is 62.1 Å². The van der Waals surface area contributed by atoms with Crippen molar-refractivity contribution in [1.82, 2.24) is 14.6 Å². The van der Waals surface area contributed by atoms with Crippen LogP contribution in [0, 0.1) is 5.92 Å². The van der Waals surface area contributed by atoms with Gasteiger partial charge in [0.1, 0.15) is 29.2 Å². The van der Waals surface area contributed by atoms with E-state index in [9.17, 15) is 29.6 Å². The van der Waals surface area contributed by atoms with Crippen LogP contribution in [0.4, 0.5) is 0 Å². The van der Waals surface area contributed by atoms with Gasteiger partial charge in [-0.2, -0.15) is 10.1 Å². The zero-order chi connectivity index (χ0) is 31.9. The lowest BCUT2D eigenvalue weighted by Gasteiger charge is -2.28. The van der Waals surface area contributed by atoms with Gasteiger partial charge in [-0.15, -0.1) is 0 Å². The number of hydrogen-bond acceptors (Lipinski definition) is 11. The van der Waals surface area contributed by atoms with Gasteiger partial charge in [0.25, 0.3) is 0 Å². The molecule has 1 saturated heterocycles. The number of nitrogens with one attached hydrogen (secondary N) is 1. The summed E-state index contributed by atoms with van der Waals surface area (Å²) in [4.78, 5) is 44.3. The van der Waals surface area contributed by atoms with Gasteiger partial charge < -0.3 is 19.1 Å². The summed E-state index contributed by atoms with van der Waals surface area (Å²) in [7, 11) is -4.32. The van der Waals surface area contributed by atoms with Crippen LogP contribution >= 0.6 is 7.75 Å². The van der Waals surface area contributed by atoms with Crippen LogP contribution in [0.1, 0.15) is 53.5 Å². The smallest absolute Gasteiger partial charge is 0.459 e. The molecule has 1 aliphatic heterocycles. The van der Waals surface area contributed by atoms with E-state index >= 15 is 0 Å². The number of esters is 1. The van der Waals surface area contributed by atoms with Gasteiger partial charge in [0.15, 0.2) is 6.23 Å². The molecule has 16 heteroatoms. The first kappa shape index (κ1) is 33.9. The lowest BCUT2D eigenvalue weighted by Crippen LogP contribution is -2.45. The molecule has 0 saturated carbocycles. The van der Waals surface area contributed by atoms with Crippen molar-refractivity contribution in [2.45, 2.75) is 84.1 Å². The molecule has 3 rings (SSSR count). The maximum atomic E-state index is 13.8. The van der Waals surface area contributed by atoms with Crippen LogP contribution in [0.5, 0.6) is 5.75 Å². The number of aliphatic hydroxyl groups excluding tert-OH is 1. The molecule has 0 amide bonds. The fraction of sp³-hybridized carbons (Fsp3) is 0.556. The molecule has 0 spiro atoms. The zero-order valence-corrected chi connectivity index (χ0v) is 25.7. The number of para-hydroxylation sites is 1. The summed E-state index contributed by atoms with van der Waals surface area (Å²) in [6.45, 7) is 9.04. The number of carbonyl (C=O) groups excluding carboxylic acids is 2. The number of aromatic nitrogens is 2. The molecule has 0 bridgehead atoms. The molecule has 2 aromatic rings. The van der Waals surface area contributed by atoms with E-state index in [0.29, 0.717) is 0 Å². The lowest BCUT2D eigenvalue weighted by atomic mass is 9.93. The largest absolute Gasteiger partial charge is 0.462 e. The summed E-state index contributed by atoms with van der Waals surface area (Å²) >= 11 is 0. The van der Waals surface area contributed by atoms with Crippen molar-refractivity contribution in [1.29, 1.82) is 0 Å². The first-order valence-electron chi connectivity index (χ1n) is 13.7. The molecule has 1 aromatic heterocycles. The molecule has 234 valence electrons. The van der Waals surface area contributed by atoms with Crippen LogP contribution in [-0.2, 0) is 34.6 Å². The van der Waals surface area contributed by atoms with E-state index in [-0.39, 0.29) is 29.6 Å². The molecule has 43 heavy (non-hydrogen) atoms. The summed E-state index contributed by atoms with van der Waals surface area (Å²) < 4.78 is 37.2. The Balaban J connectivity index is 1.86. The number of Topliss-reactive ketones (excluding diaryl/α,β-unsaturated/α-hetero) is 1. The number of rotatable bonds is 14. The van der Waals surface area contributed by atoms with Gasteiger partial charge in [0, 0.05) is 23.4 Å². The molecule has 1 aromatic carbocycles. The second-order valence-corrected chi connectivity index (χ2v) is 12.5. The molecule has 1 fully saturated rings. The van der Waals surface area contributed by atoms with Crippen LogP contribution in [0.25, 0.3) is 10.4 Å². The number of aliphatic hydroxyl groups is 1. The predicted molar refractivity (Wildman–Crippen MR) is 154 cm³/mol. The molecule has 6 atom stereocenters. The Labute approximate surface area is 248 Å². The number of ketones is 1. The SMILES string of the molecule is CC(C)OC(=O)[C@H](C)NP(=O)(OC[C@H]1O[C@@H](n2ccc(CC(=O)C(C)C)nc2=O)[C@](C)(N=[N+]=[N-])[C@@H]1O)Oc1ccccc1. The fourth-order valence-electron chi connectivity index (χ4n) is 4.20. The van der Waals surface area contributed by atoms with Gasteiger partial charge in [0.2, 0.25) is 0 Å². The van der Waals surface area contributed by atoms with E-state index in [1.54, 1.807) is 45.9 Å². The quantitative estimate of drug-likeness (QED) is 0.103. The fourth-order valence-corrected chi connectivity index (χ4v) is 5.70. The minimum Gasteiger partial charge on any atom is -0.462 e. The summed E-state index contributed by atoms with van der Waals surface area (Å²) in [5, 5.41) is 17.4. The Hall–Kier alpha value is -3.58. The number of carbonyl (C=O) groups is 2. The van der Waals surface area contributed by atoms with Crippen molar-refractivity contribution in [3.63, 3.8) is 0 Å². The average molecular weight is 621 g/mol. The Bertz CT molecular complexity index is 1450. The Morgan fingerprint density at radius 2 is 1.91 bits per heavy atom. The Morgan fingerprint density at radius 3 is 2.49 bits per heavy atom. The molecular formula is C27H37N6O9P. The van der Waals surface area contributed by atoms with Crippen molar-refractivity contribution in [2.24, 2.45) is 11.0 Å². The van der Waals surface area contributed by atoms with Gasteiger partial charge >= 0.3 is 19.4 Å². The van der Waals surface area contributed by atoms with Gasteiger partial charge in [-0.1, -0.05) is 37.2 Å². The van der Waals surface area contributed by atoms with Crippen molar-refractivity contribution < 1.29 is 37.8 Å². The number of benzene rings is 1. The van der Waals surface area contributed by atoms with E-state index in [0.717, 1.165) is 4.57 Å². The van der Waals surface area contributed by atoms with Crippen LogP contribution in [0.15, 0.2) is 52.5 Å². The number of nitrogens with zero attached hydrogens (tertiary/aromatic N) is 5. The standard InChI is InChI=1S/C27H37N6O9P/c1-16(2)21(34)14-19-12-13-33(26(37)29-19)25-27(6,31-32-28)23(35)22(41-25)15-39-43(38,42-20-10-8-7-9-11-20)30-18(5)24(36)40-17(3)4/h7-13,16-18,22-23,25,35H,14-15H2,1-6H3,(H,30,38)/t18-,22+,23+,25+,27+,43?/m0/s1. The van der Waals surface area contributed by atoms with E-state index in [4.69, 9.17) is 18.5 Å². The maximum Gasteiger partial charge on any atom is 0.459 e. The molecular weight excluding hydrogens is 583 g/mol. The molecule has 0 radical (unpaired) electrons. The third-order valence-corrected chi connectivity index (χ3v) is 8.23. The molecule has 0 aliphatic carbocycles. The summed E-state index contributed by atoms with van der Waals surface area (Å²) in [5.74, 6) is -0.877.